The summed E-state index contributed by atoms with van der Waals surface area (Å²) in [6.45, 7) is 1.54. The Bertz CT molecular complexity index is 1120. The lowest BCUT2D eigenvalue weighted by molar-refractivity contribution is -0.116. The van der Waals surface area contributed by atoms with Gasteiger partial charge in [-0.1, -0.05) is 23.2 Å². The molecule has 0 radical (unpaired) electrons. The number of oxazole rings is 1. The number of fused-ring (bicyclic) bond motifs is 1. The molecule has 3 aromatic rings. The summed E-state index contributed by atoms with van der Waals surface area (Å²) in [6.07, 6.45) is 0.607. The fourth-order valence-electron chi connectivity index (χ4n) is 2.70. The van der Waals surface area contributed by atoms with Crippen LogP contribution in [-0.2, 0) is 14.3 Å². The zero-order valence-corrected chi connectivity index (χ0v) is 18.0. The molecular formula is C21H18Cl2N2O5. The number of allylic oxidation sites excluding steroid dienone is 1. The molecule has 1 heterocycles. The Morgan fingerprint density at radius 3 is 2.53 bits per heavy atom. The number of ether oxygens (including phenoxy) is 2. The minimum absolute atomic E-state index is 0.131. The van der Waals surface area contributed by atoms with E-state index in [2.05, 4.69) is 4.98 Å². The van der Waals surface area contributed by atoms with E-state index in [1.807, 2.05) is 0 Å². The summed E-state index contributed by atoms with van der Waals surface area (Å²) in [5.74, 6) is 0.211. The summed E-state index contributed by atoms with van der Waals surface area (Å²) >= 11 is 12.1. The molecule has 30 heavy (non-hydrogen) atoms. The smallest absolute Gasteiger partial charge is 0.338 e. The third kappa shape index (κ3) is 4.75. The molecule has 0 N–H and O–H groups in total. The van der Waals surface area contributed by atoms with Crippen LogP contribution in [0.3, 0.4) is 0 Å². The van der Waals surface area contributed by atoms with E-state index in [1.54, 1.807) is 44.3 Å². The molecule has 0 fully saturated rings. The zero-order chi connectivity index (χ0) is 21.8. The van der Waals surface area contributed by atoms with Gasteiger partial charge in [-0.3, -0.25) is 4.79 Å². The quantitative estimate of drug-likeness (QED) is 0.289. The predicted molar refractivity (Wildman–Crippen MR) is 113 cm³/mol. The Kier molecular flexibility index (Phi) is 6.64. The molecule has 2 aromatic carbocycles. The first-order chi connectivity index (χ1) is 14.3. The number of carbonyl (C=O) groups is 2. The lowest BCUT2D eigenvalue weighted by Crippen LogP contribution is -2.22. The second-order valence-electron chi connectivity index (χ2n) is 6.36. The number of hydrogen-bond donors (Lipinski definition) is 0. The van der Waals surface area contributed by atoms with Crippen LogP contribution in [0.1, 0.15) is 17.3 Å². The molecule has 1 amide bonds. The number of aromatic nitrogens is 1. The van der Waals surface area contributed by atoms with E-state index in [1.165, 1.54) is 18.1 Å². The van der Waals surface area contributed by atoms with Crippen LogP contribution in [-0.4, -0.2) is 43.0 Å². The molecule has 0 saturated carbocycles. The van der Waals surface area contributed by atoms with Crippen LogP contribution in [0.15, 0.2) is 52.3 Å². The number of hydrogen-bond acceptors (Lipinski definition) is 6. The molecule has 0 saturated heterocycles. The molecule has 156 valence electrons. The molecule has 0 spiro atoms. The van der Waals surface area contributed by atoms with Crippen LogP contribution < -0.4 is 0 Å². The van der Waals surface area contributed by atoms with Crippen molar-refractivity contribution in [3.8, 4) is 11.5 Å². The Morgan fingerprint density at radius 1 is 1.20 bits per heavy atom. The van der Waals surface area contributed by atoms with E-state index in [0.717, 1.165) is 0 Å². The Balaban J connectivity index is 1.83. The molecule has 7 nitrogen and oxygen atoms in total. The highest BCUT2D eigenvalue weighted by Crippen LogP contribution is 2.29. The van der Waals surface area contributed by atoms with Gasteiger partial charge in [0.05, 0.1) is 18.4 Å². The summed E-state index contributed by atoms with van der Waals surface area (Å²) in [7, 11) is 3.02. The average molecular weight is 449 g/mol. The third-order valence-electron chi connectivity index (χ3n) is 4.37. The van der Waals surface area contributed by atoms with Crippen LogP contribution in [0.2, 0.25) is 10.0 Å². The van der Waals surface area contributed by atoms with Gasteiger partial charge in [0, 0.05) is 22.7 Å². The van der Waals surface area contributed by atoms with E-state index >= 15 is 0 Å². The van der Waals surface area contributed by atoms with E-state index < -0.39 is 5.97 Å². The molecule has 0 atom stereocenters. The van der Waals surface area contributed by atoms with Gasteiger partial charge in [0.1, 0.15) is 17.9 Å². The normalized spacial score (nSPS) is 11.8. The molecule has 0 unspecified atom stereocenters. The fourth-order valence-corrected chi connectivity index (χ4v) is 3.23. The van der Waals surface area contributed by atoms with Gasteiger partial charge in [0.15, 0.2) is 5.58 Å². The zero-order valence-electron chi connectivity index (χ0n) is 16.4. The topological polar surface area (TPSA) is 81.9 Å². The number of halogens is 2. The summed E-state index contributed by atoms with van der Waals surface area (Å²) in [5, 5.41) is 0.916. The van der Waals surface area contributed by atoms with Gasteiger partial charge in [-0.25, -0.2) is 9.78 Å². The van der Waals surface area contributed by atoms with E-state index in [9.17, 15) is 9.59 Å². The summed E-state index contributed by atoms with van der Waals surface area (Å²) in [6, 6.07) is 9.75. The average Bonchev–Trinajstić information content (AvgIpc) is 3.16. The number of nitrogens with zero attached hydrogens (tertiary/aromatic N) is 2. The lowest BCUT2D eigenvalue weighted by Gasteiger charge is -2.18. The van der Waals surface area contributed by atoms with Gasteiger partial charge in [0.25, 0.3) is 0 Å². The number of esters is 1. The highest BCUT2D eigenvalue weighted by Gasteiger charge is 2.16. The van der Waals surface area contributed by atoms with Crippen molar-refractivity contribution in [2.75, 3.05) is 20.8 Å². The van der Waals surface area contributed by atoms with E-state index in [0.29, 0.717) is 50.5 Å². The third-order valence-corrected chi connectivity index (χ3v) is 4.81. The van der Waals surface area contributed by atoms with Gasteiger partial charge < -0.3 is 18.8 Å². The summed E-state index contributed by atoms with van der Waals surface area (Å²) in [5.41, 5.74) is 2.30. The van der Waals surface area contributed by atoms with Crippen molar-refractivity contribution in [1.29, 1.82) is 0 Å². The molecule has 0 aliphatic rings. The van der Waals surface area contributed by atoms with Gasteiger partial charge in [-0.15, -0.1) is 0 Å². The van der Waals surface area contributed by atoms with Crippen LogP contribution in [0.25, 0.3) is 22.6 Å². The van der Waals surface area contributed by atoms with Gasteiger partial charge in [0.2, 0.25) is 12.3 Å². The summed E-state index contributed by atoms with van der Waals surface area (Å²) < 4.78 is 16.2. The molecule has 0 bridgehead atoms. The molecule has 1 aromatic heterocycles. The maximum Gasteiger partial charge on any atom is 0.338 e. The minimum Gasteiger partial charge on any atom is -0.499 e. The number of methoxy groups -OCH3 is 1. The molecular weight excluding hydrogens is 431 g/mol. The van der Waals surface area contributed by atoms with E-state index in [4.69, 9.17) is 37.1 Å². The van der Waals surface area contributed by atoms with E-state index in [-0.39, 0.29) is 12.2 Å². The van der Waals surface area contributed by atoms with Gasteiger partial charge >= 0.3 is 5.97 Å². The lowest BCUT2D eigenvalue weighted by atomic mass is 10.2. The minimum atomic E-state index is -0.582. The van der Waals surface area contributed by atoms with Gasteiger partial charge in [-0.2, -0.15) is 0 Å². The SMILES string of the molecule is CO/C(C)=C(/COC(=O)c1ccc2nc(-c3cc(Cl)cc(Cl)c3)oc2c1)N(C)C=O. The maximum atomic E-state index is 12.5. The Morgan fingerprint density at radius 2 is 1.90 bits per heavy atom. The van der Waals surface area contributed by atoms with Crippen molar-refractivity contribution < 1.29 is 23.5 Å². The van der Waals surface area contributed by atoms with Crippen molar-refractivity contribution in [3.63, 3.8) is 0 Å². The van der Waals surface area contributed by atoms with Crippen LogP contribution in [0.4, 0.5) is 0 Å². The van der Waals surface area contributed by atoms with Crippen molar-refractivity contribution in [1.82, 2.24) is 9.88 Å². The maximum absolute atomic E-state index is 12.5. The Labute approximate surface area is 182 Å². The number of rotatable bonds is 7. The Hall–Kier alpha value is -3.03. The second-order valence-corrected chi connectivity index (χ2v) is 7.23. The number of carbonyl (C=O) groups excluding carboxylic acids is 2. The highest BCUT2D eigenvalue weighted by molar-refractivity contribution is 6.35. The van der Waals surface area contributed by atoms with Crippen molar-refractivity contribution >= 4 is 46.7 Å². The number of likely N-dealkylation sites (N-methyl/N-ethyl adjacent to an activating group) is 1. The molecule has 0 aliphatic heterocycles. The van der Waals surface area contributed by atoms with Crippen LogP contribution in [0.5, 0.6) is 0 Å². The molecule has 3 rings (SSSR count). The first-order valence-corrected chi connectivity index (χ1v) is 9.54. The fraction of sp³-hybridized carbons (Fsp3) is 0.190. The van der Waals surface area contributed by atoms with Gasteiger partial charge in [-0.05, 0) is 43.3 Å². The highest BCUT2D eigenvalue weighted by atomic mass is 35.5. The predicted octanol–water partition coefficient (Wildman–Crippen LogP) is 4.92. The van der Waals surface area contributed by atoms with Crippen molar-refractivity contribution in [3.05, 3.63) is 63.5 Å². The first-order valence-electron chi connectivity index (χ1n) is 8.78. The van der Waals surface area contributed by atoms with Crippen molar-refractivity contribution in [2.45, 2.75) is 6.92 Å². The number of amides is 1. The largest absolute Gasteiger partial charge is 0.499 e. The van der Waals surface area contributed by atoms with Crippen molar-refractivity contribution in [2.24, 2.45) is 0 Å². The first kappa shape index (κ1) is 21.7. The summed E-state index contributed by atoms with van der Waals surface area (Å²) in [4.78, 5) is 29.2. The van der Waals surface area contributed by atoms with Crippen LogP contribution >= 0.6 is 23.2 Å². The van der Waals surface area contributed by atoms with Crippen LogP contribution in [0, 0.1) is 0 Å². The monoisotopic (exact) mass is 448 g/mol. The molecule has 9 heteroatoms. The standard InChI is InChI=1S/C21H18Cl2N2O5/c1-12(28-3)18(25(2)11-26)10-29-21(27)13-4-5-17-19(8-13)30-20(24-17)14-6-15(22)9-16(23)7-14/h4-9,11H,10H2,1-3H3/b18-12-. The molecule has 0 aliphatic carbocycles. The number of benzene rings is 2. The second kappa shape index (κ2) is 9.19.